The number of aromatic nitrogens is 2. The average molecular weight is 319 g/mol. The average Bonchev–Trinajstić information content (AvgIpc) is 2.84. The predicted octanol–water partition coefficient (Wildman–Crippen LogP) is 5.35. The molecule has 1 aromatic heterocycles. The largest absolute Gasteiger partial charge is 0.320 e. The fraction of sp³-hybridized carbons (Fsp3) is 0.235. The molecule has 0 saturated carbocycles. The molecule has 0 radical (unpaired) electrons. The Bertz CT molecular complexity index is 793. The summed E-state index contributed by atoms with van der Waals surface area (Å²) in [5.74, 6) is 1.24. The van der Waals surface area contributed by atoms with Crippen molar-refractivity contribution >= 4 is 34.2 Å². The Kier molecular flexibility index (Phi) is 3.92. The molecule has 2 nitrogen and oxygen atoms in total. The lowest BCUT2D eigenvalue weighted by atomic mass is 10.1. The van der Waals surface area contributed by atoms with Gasteiger partial charge >= 0.3 is 0 Å². The first-order valence-corrected chi connectivity index (χ1v) is 7.81. The number of aryl methyl sites for hydroxylation is 1. The van der Waals surface area contributed by atoms with Crippen molar-refractivity contribution in [2.75, 3.05) is 0 Å². The quantitative estimate of drug-likeness (QED) is 0.595. The Balaban J connectivity index is 2.21. The highest BCUT2D eigenvalue weighted by Gasteiger charge is 2.18. The van der Waals surface area contributed by atoms with E-state index in [0.717, 1.165) is 27.4 Å². The summed E-state index contributed by atoms with van der Waals surface area (Å²) in [5, 5.41) is 0.763. The highest BCUT2D eigenvalue weighted by Crippen LogP contribution is 2.30. The van der Waals surface area contributed by atoms with Gasteiger partial charge in [-0.25, -0.2) is 4.98 Å². The summed E-state index contributed by atoms with van der Waals surface area (Å²) in [6.07, 6.45) is 0. The monoisotopic (exact) mass is 318 g/mol. The van der Waals surface area contributed by atoms with Gasteiger partial charge in [-0.3, -0.25) is 0 Å². The van der Waals surface area contributed by atoms with Crippen molar-refractivity contribution in [3.8, 4) is 0 Å². The lowest BCUT2D eigenvalue weighted by molar-refractivity contribution is 0.634. The molecule has 0 saturated heterocycles. The number of halogens is 2. The second-order valence-corrected chi connectivity index (χ2v) is 5.90. The molecule has 0 spiro atoms. The molecule has 1 heterocycles. The summed E-state index contributed by atoms with van der Waals surface area (Å²) in [6, 6.07) is 14.3. The molecule has 21 heavy (non-hydrogen) atoms. The first kappa shape index (κ1) is 14.4. The van der Waals surface area contributed by atoms with Crippen LogP contribution in [0.15, 0.2) is 42.5 Å². The second-order valence-electron chi connectivity index (χ2n) is 5.22. The maximum Gasteiger partial charge on any atom is 0.125 e. The van der Waals surface area contributed by atoms with E-state index in [1.165, 1.54) is 5.56 Å². The Labute approximate surface area is 134 Å². The number of alkyl halides is 1. The van der Waals surface area contributed by atoms with Gasteiger partial charge in [0.25, 0.3) is 0 Å². The van der Waals surface area contributed by atoms with Crippen molar-refractivity contribution in [1.82, 2.24) is 9.55 Å². The van der Waals surface area contributed by atoms with Crippen molar-refractivity contribution in [3.05, 3.63) is 64.4 Å². The van der Waals surface area contributed by atoms with E-state index < -0.39 is 0 Å². The van der Waals surface area contributed by atoms with E-state index in [-0.39, 0.29) is 6.04 Å². The summed E-state index contributed by atoms with van der Waals surface area (Å²) in [5.41, 5.74) is 4.33. The lowest BCUT2D eigenvalue weighted by Gasteiger charge is -2.18. The van der Waals surface area contributed by atoms with Crippen molar-refractivity contribution in [3.63, 3.8) is 0 Å². The molecule has 3 aromatic rings. The minimum atomic E-state index is 0.0835. The standard InChI is InChI=1S/C17H16Cl2N2/c1-11-7-8-16-15(9-11)20-17(10-18)21(16)12(2)13-5-3-4-6-14(13)19/h3-9,12H,10H2,1-2H3. The highest BCUT2D eigenvalue weighted by atomic mass is 35.5. The van der Waals surface area contributed by atoms with Gasteiger partial charge in [0, 0.05) is 5.02 Å². The smallest absolute Gasteiger partial charge is 0.125 e. The molecule has 4 heteroatoms. The van der Waals surface area contributed by atoms with Crippen molar-refractivity contribution in [2.45, 2.75) is 25.8 Å². The maximum absolute atomic E-state index is 6.34. The van der Waals surface area contributed by atoms with Crippen LogP contribution in [-0.4, -0.2) is 9.55 Å². The highest BCUT2D eigenvalue weighted by molar-refractivity contribution is 6.31. The van der Waals surface area contributed by atoms with Crippen molar-refractivity contribution in [2.24, 2.45) is 0 Å². The predicted molar refractivity (Wildman–Crippen MR) is 89.3 cm³/mol. The van der Waals surface area contributed by atoms with Gasteiger partial charge in [-0.05, 0) is 43.2 Å². The number of nitrogens with zero attached hydrogens (tertiary/aromatic N) is 2. The van der Waals surface area contributed by atoms with Crippen LogP contribution in [0.25, 0.3) is 11.0 Å². The third-order valence-electron chi connectivity index (χ3n) is 3.78. The summed E-state index contributed by atoms with van der Waals surface area (Å²) in [6.45, 7) is 4.19. The molecule has 0 amide bonds. The summed E-state index contributed by atoms with van der Waals surface area (Å²) in [7, 11) is 0. The zero-order valence-corrected chi connectivity index (χ0v) is 13.5. The van der Waals surface area contributed by atoms with E-state index in [1.807, 2.05) is 24.3 Å². The van der Waals surface area contributed by atoms with Gasteiger partial charge in [0.2, 0.25) is 0 Å². The van der Waals surface area contributed by atoms with E-state index in [4.69, 9.17) is 23.2 Å². The van der Waals surface area contributed by atoms with E-state index >= 15 is 0 Å². The van der Waals surface area contributed by atoms with E-state index in [2.05, 4.69) is 41.6 Å². The fourth-order valence-electron chi connectivity index (χ4n) is 2.74. The van der Waals surface area contributed by atoms with Crippen molar-refractivity contribution < 1.29 is 0 Å². The maximum atomic E-state index is 6.34. The van der Waals surface area contributed by atoms with Gasteiger partial charge in [-0.15, -0.1) is 11.6 Å². The summed E-state index contributed by atoms with van der Waals surface area (Å²) < 4.78 is 2.17. The van der Waals surface area contributed by atoms with Crippen LogP contribution < -0.4 is 0 Å². The molecule has 1 atom stereocenters. The Morgan fingerprint density at radius 3 is 2.67 bits per heavy atom. The van der Waals surface area contributed by atoms with Gasteiger partial charge in [-0.2, -0.15) is 0 Å². The summed E-state index contributed by atoms with van der Waals surface area (Å²) in [4.78, 5) is 4.66. The molecule has 1 unspecified atom stereocenters. The number of hydrogen-bond acceptors (Lipinski definition) is 1. The van der Waals surface area contributed by atoms with Crippen LogP contribution in [0.4, 0.5) is 0 Å². The number of benzene rings is 2. The second kappa shape index (κ2) is 5.70. The number of rotatable bonds is 3. The Hall–Kier alpha value is -1.51. The molecule has 0 aliphatic carbocycles. The first-order valence-electron chi connectivity index (χ1n) is 6.89. The van der Waals surface area contributed by atoms with Gasteiger partial charge in [0.15, 0.2) is 0 Å². The van der Waals surface area contributed by atoms with Crippen LogP contribution in [0.1, 0.15) is 29.9 Å². The molecule has 108 valence electrons. The molecule has 0 N–H and O–H groups in total. The molecule has 0 fully saturated rings. The minimum absolute atomic E-state index is 0.0835. The van der Waals surface area contributed by atoms with Crippen LogP contribution in [-0.2, 0) is 5.88 Å². The molecule has 3 rings (SSSR count). The number of imidazole rings is 1. The van der Waals surface area contributed by atoms with Gasteiger partial charge in [-0.1, -0.05) is 35.9 Å². The zero-order valence-electron chi connectivity index (χ0n) is 12.0. The third kappa shape index (κ3) is 2.54. The lowest BCUT2D eigenvalue weighted by Crippen LogP contribution is -2.10. The number of hydrogen-bond donors (Lipinski definition) is 0. The molecular formula is C17H16Cl2N2. The van der Waals surface area contributed by atoms with Crippen LogP contribution >= 0.6 is 23.2 Å². The van der Waals surface area contributed by atoms with Gasteiger partial charge in [0.05, 0.1) is 23.0 Å². The van der Waals surface area contributed by atoms with Gasteiger partial charge in [0.1, 0.15) is 5.82 Å². The third-order valence-corrected chi connectivity index (χ3v) is 4.36. The molecule has 0 aliphatic rings. The topological polar surface area (TPSA) is 17.8 Å². The van der Waals surface area contributed by atoms with Crippen LogP contribution in [0.3, 0.4) is 0 Å². The van der Waals surface area contributed by atoms with E-state index in [0.29, 0.717) is 5.88 Å². The normalized spacial score (nSPS) is 12.8. The summed E-state index contributed by atoms with van der Waals surface area (Å²) >= 11 is 12.4. The molecule has 0 aliphatic heterocycles. The Morgan fingerprint density at radius 2 is 1.95 bits per heavy atom. The van der Waals surface area contributed by atoms with Crippen molar-refractivity contribution in [1.29, 1.82) is 0 Å². The zero-order chi connectivity index (χ0) is 15.0. The molecular weight excluding hydrogens is 303 g/mol. The van der Waals surface area contributed by atoms with Crippen LogP contribution in [0, 0.1) is 6.92 Å². The molecule has 2 aromatic carbocycles. The minimum Gasteiger partial charge on any atom is -0.320 e. The van der Waals surface area contributed by atoms with E-state index in [9.17, 15) is 0 Å². The van der Waals surface area contributed by atoms with E-state index in [1.54, 1.807) is 0 Å². The molecule has 0 bridgehead atoms. The SMILES string of the molecule is Cc1ccc2c(c1)nc(CCl)n2C(C)c1ccccc1Cl. The number of fused-ring (bicyclic) bond motifs is 1. The Morgan fingerprint density at radius 1 is 1.19 bits per heavy atom. The fourth-order valence-corrected chi connectivity index (χ4v) is 3.22. The van der Waals surface area contributed by atoms with Crippen LogP contribution in [0.2, 0.25) is 5.02 Å². The first-order chi connectivity index (χ1) is 10.1. The van der Waals surface area contributed by atoms with Crippen LogP contribution in [0.5, 0.6) is 0 Å². The van der Waals surface area contributed by atoms with Gasteiger partial charge < -0.3 is 4.57 Å².